The molecule has 2 nitrogen and oxygen atoms in total. The number of aromatic amines is 1. The molecular formula is C14H20NO+. The maximum absolute atomic E-state index is 5.44. The van der Waals surface area contributed by atoms with E-state index in [1.165, 1.54) is 5.56 Å². The summed E-state index contributed by atoms with van der Waals surface area (Å²) in [6.45, 7) is 10.2. The monoisotopic (exact) mass is 218 g/mol. The van der Waals surface area contributed by atoms with E-state index in [1.54, 1.807) is 0 Å². The summed E-state index contributed by atoms with van der Waals surface area (Å²) < 4.78 is 5.44. The van der Waals surface area contributed by atoms with Crippen molar-refractivity contribution >= 4 is 0 Å². The van der Waals surface area contributed by atoms with Crippen molar-refractivity contribution in [3.63, 3.8) is 0 Å². The Morgan fingerprint density at radius 1 is 1.25 bits per heavy atom. The van der Waals surface area contributed by atoms with Crippen LogP contribution in [0.2, 0.25) is 0 Å². The molecule has 16 heavy (non-hydrogen) atoms. The molecular weight excluding hydrogens is 198 g/mol. The van der Waals surface area contributed by atoms with Crippen molar-refractivity contribution in [1.82, 2.24) is 0 Å². The van der Waals surface area contributed by atoms with Crippen LogP contribution in [-0.2, 0) is 11.2 Å². The van der Waals surface area contributed by atoms with Gasteiger partial charge in [0, 0.05) is 12.1 Å². The summed E-state index contributed by atoms with van der Waals surface area (Å²) in [7, 11) is 0. The van der Waals surface area contributed by atoms with Crippen LogP contribution in [0.25, 0.3) is 0 Å². The molecule has 0 bridgehead atoms. The molecule has 1 heterocycles. The molecule has 1 aromatic rings. The first-order chi connectivity index (χ1) is 7.70. The lowest BCUT2D eigenvalue weighted by atomic mass is 10.1. The second-order valence-corrected chi connectivity index (χ2v) is 3.92. The van der Waals surface area contributed by atoms with E-state index in [0.29, 0.717) is 5.76 Å². The lowest BCUT2D eigenvalue weighted by Crippen LogP contribution is -1.99. The topological polar surface area (TPSA) is 23.4 Å². The van der Waals surface area contributed by atoms with Gasteiger partial charge in [0.05, 0.1) is 6.61 Å². The predicted octanol–water partition coefficient (Wildman–Crippen LogP) is 2.93. The van der Waals surface area contributed by atoms with Crippen LogP contribution in [0.1, 0.15) is 25.3 Å². The van der Waals surface area contributed by atoms with Crippen LogP contribution in [0.4, 0.5) is 0 Å². The van der Waals surface area contributed by atoms with E-state index in [9.17, 15) is 0 Å². The summed E-state index contributed by atoms with van der Waals surface area (Å²) in [6, 6.07) is 4.21. The number of allylic oxidation sites excluding steroid dienone is 1. The number of H-pyrrole nitrogens is 1. The van der Waals surface area contributed by atoms with Crippen molar-refractivity contribution in [2.75, 3.05) is 6.61 Å². The number of unbranched alkanes of at least 4 members (excludes halogenated alkanes) is 1. The highest BCUT2D eigenvalue weighted by atomic mass is 16.5. The van der Waals surface area contributed by atoms with Gasteiger partial charge >= 0.3 is 0 Å². The van der Waals surface area contributed by atoms with E-state index in [0.717, 1.165) is 31.4 Å². The molecule has 0 aromatic carbocycles. The summed E-state index contributed by atoms with van der Waals surface area (Å²) in [5.74, 6) is 0.703. The summed E-state index contributed by atoms with van der Waals surface area (Å²) in [4.78, 5) is 3.02. The zero-order valence-electron chi connectivity index (χ0n) is 9.96. The first-order valence-corrected chi connectivity index (χ1v) is 5.62. The first-order valence-electron chi connectivity index (χ1n) is 5.62. The Bertz CT molecular complexity index is 343. The Hall–Kier alpha value is -1.57. The zero-order valence-corrected chi connectivity index (χ0v) is 9.96. The van der Waals surface area contributed by atoms with E-state index in [-0.39, 0.29) is 0 Å². The van der Waals surface area contributed by atoms with Crippen molar-refractivity contribution in [2.45, 2.75) is 26.2 Å². The third kappa shape index (κ3) is 4.78. The number of aromatic nitrogens is 1. The molecule has 0 aliphatic heterocycles. The highest BCUT2D eigenvalue weighted by Gasteiger charge is 1.97. The third-order valence-electron chi connectivity index (χ3n) is 2.40. The molecule has 0 atom stereocenters. The molecule has 0 fully saturated rings. The summed E-state index contributed by atoms with van der Waals surface area (Å²) >= 11 is 0. The fourth-order valence-electron chi connectivity index (χ4n) is 1.34. The normalized spacial score (nSPS) is 9.81. The Balaban J connectivity index is 2.09. The molecule has 2 heteroatoms. The zero-order chi connectivity index (χ0) is 11.8. The fraction of sp³-hybridized carbons (Fsp3) is 0.357. The average Bonchev–Trinajstić information content (AvgIpc) is 2.29. The SMILES string of the molecule is C=C(C)C(=C)OCCCCc1cc[nH+]cc1. The van der Waals surface area contributed by atoms with Gasteiger partial charge in [-0.1, -0.05) is 13.2 Å². The third-order valence-corrected chi connectivity index (χ3v) is 2.40. The van der Waals surface area contributed by atoms with Crippen LogP contribution in [0.15, 0.2) is 49.0 Å². The predicted molar refractivity (Wildman–Crippen MR) is 65.8 cm³/mol. The lowest BCUT2D eigenvalue weighted by molar-refractivity contribution is -0.378. The van der Waals surface area contributed by atoms with E-state index in [2.05, 4.69) is 30.3 Å². The second-order valence-electron chi connectivity index (χ2n) is 3.92. The van der Waals surface area contributed by atoms with Gasteiger partial charge in [0.15, 0.2) is 12.4 Å². The molecule has 1 N–H and O–H groups in total. The minimum Gasteiger partial charge on any atom is -0.494 e. The Kier molecular flexibility index (Phi) is 5.34. The fourth-order valence-corrected chi connectivity index (χ4v) is 1.34. The van der Waals surface area contributed by atoms with Gasteiger partial charge in [-0.25, -0.2) is 4.98 Å². The molecule has 0 radical (unpaired) electrons. The van der Waals surface area contributed by atoms with Crippen LogP contribution >= 0.6 is 0 Å². The minimum atomic E-state index is 0.703. The van der Waals surface area contributed by atoms with E-state index >= 15 is 0 Å². The van der Waals surface area contributed by atoms with Crippen LogP contribution in [0.5, 0.6) is 0 Å². The van der Waals surface area contributed by atoms with E-state index in [4.69, 9.17) is 4.74 Å². The highest BCUT2D eigenvalue weighted by molar-refractivity contribution is 5.15. The summed E-state index contributed by atoms with van der Waals surface area (Å²) in [5.41, 5.74) is 2.26. The van der Waals surface area contributed by atoms with Crippen LogP contribution in [0, 0.1) is 0 Å². The van der Waals surface area contributed by atoms with Crippen LogP contribution in [-0.4, -0.2) is 6.61 Å². The van der Waals surface area contributed by atoms with Gasteiger partial charge in [-0.05, 0) is 37.3 Å². The van der Waals surface area contributed by atoms with Gasteiger partial charge in [-0.2, -0.15) is 0 Å². The van der Waals surface area contributed by atoms with Crippen molar-refractivity contribution in [1.29, 1.82) is 0 Å². The van der Waals surface area contributed by atoms with Crippen molar-refractivity contribution in [3.05, 3.63) is 54.6 Å². The van der Waals surface area contributed by atoms with Crippen molar-refractivity contribution < 1.29 is 9.72 Å². The Labute approximate surface area is 97.7 Å². The standard InChI is InChI=1S/C14H19NO/c1-12(2)13(3)16-11-5-4-6-14-7-9-15-10-8-14/h7-10H,1,3-6,11H2,2H3/p+1. The molecule has 0 spiro atoms. The van der Waals surface area contributed by atoms with Gasteiger partial charge in [-0.3, -0.25) is 0 Å². The minimum absolute atomic E-state index is 0.703. The number of aryl methyl sites for hydroxylation is 1. The number of nitrogens with one attached hydrogen (secondary N) is 1. The molecule has 0 saturated carbocycles. The molecule has 0 aliphatic rings. The highest BCUT2D eigenvalue weighted by Crippen LogP contribution is 2.07. The maximum Gasteiger partial charge on any atom is 0.167 e. The van der Waals surface area contributed by atoms with Gasteiger partial charge in [0.25, 0.3) is 0 Å². The molecule has 0 aliphatic carbocycles. The lowest BCUT2D eigenvalue weighted by Gasteiger charge is -2.08. The Morgan fingerprint density at radius 2 is 1.94 bits per heavy atom. The summed E-state index contributed by atoms with van der Waals surface area (Å²) in [6.07, 6.45) is 7.18. The number of pyridine rings is 1. The molecule has 1 aromatic heterocycles. The molecule has 0 amide bonds. The van der Waals surface area contributed by atoms with Crippen LogP contribution in [0.3, 0.4) is 0 Å². The van der Waals surface area contributed by atoms with Gasteiger partial charge in [-0.15, -0.1) is 0 Å². The van der Waals surface area contributed by atoms with Gasteiger partial charge in [0.2, 0.25) is 0 Å². The quantitative estimate of drug-likeness (QED) is 0.392. The van der Waals surface area contributed by atoms with Gasteiger partial charge < -0.3 is 4.74 Å². The number of hydrogen-bond acceptors (Lipinski definition) is 1. The largest absolute Gasteiger partial charge is 0.494 e. The maximum atomic E-state index is 5.44. The molecule has 0 unspecified atom stereocenters. The number of hydrogen-bond donors (Lipinski definition) is 0. The first kappa shape index (κ1) is 12.5. The van der Waals surface area contributed by atoms with Crippen molar-refractivity contribution in [3.8, 4) is 0 Å². The molecule has 0 saturated heterocycles. The number of ether oxygens (including phenoxy) is 1. The smallest absolute Gasteiger partial charge is 0.167 e. The van der Waals surface area contributed by atoms with Gasteiger partial charge in [0.1, 0.15) is 5.76 Å². The number of rotatable bonds is 7. The average molecular weight is 218 g/mol. The van der Waals surface area contributed by atoms with Crippen molar-refractivity contribution in [2.24, 2.45) is 0 Å². The second kappa shape index (κ2) is 6.83. The molecule has 86 valence electrons. The Morgan fingerprint density at radius 3 is 2.56 bits per heavy atom. The van der Waals surface area contributed by atoms with Crippen LogP contribution < -0.4 is 4.98 Å². The molecule has 1 rings (SSSR count). The van der Waals surface area contributed by atoms with E-state index in [1.807, 2.05) is 19.3 Å². The summed E-state index contributed by atoms with van der Waals surface area (Å²) in [5, 5.41) is 0. The van der Waals surface area contributed by atoms with E-state index < -0.39 is 0 Å².